The van der Waals surface area contributed by atoms with Crippen LogP contribution < -0.4 is 27.7 Å². The minimum absolute atomic E-state index is 0.111. The van der Waals surface area contributed by atoms with Gasteiger partial charge in [-0.05, 0) is 56.2 Å². The van der Waals surface area contributed by atoms with Gasteiger partial charge < -0.3 is 21.2 Å². The summed E-state index contributed by atoms with van der Waals surface area (Å²) in [5.41, 5.74) is 8.24. The zero-order valence-corrected chi connectivity index (χ0v) is 16.6. The highest BCUT2D eigenvalue weighted by molar-refractivity contribution is 5.87. The lowest BCUT2D eigenvalue weighted by molar-refractivity contribution is 0.180. The van der Waals surface area contributed by atoms with E-state index in [9.17, 15) is 9.59 Å². The Bertz CT molecular complexity index is 1010. The van der Waals surface area contributed by atoms with Gasteiger partial charge in [-0.15, -0.1) is 0 Å². The molecule has 1 saturated carbocycles. The van der Waals surface area contributed by atoms with Gasteiger partial charge in [-0.3, -0.25) is 9.36 Å². The van der Waals surface area contributed by atoms with Gasteiger partial charge in [-0.2, -0.15) is 4.68 Å². The van der Waals surface area contributed by atoms with E-state index in [1.165, 1.54) is 0 Å². The number of nitrogens with two attached hydrogens (primary N) is 2. The summed E-state index contributed by atoms with van der Waals surface area (Å²) in [6.45, 7) is 4.46. The van der Waals surface area contributed by atoms with Gasteiger partial charge in [0.05, 0.1) is 10.9 Å². The van der Waals surface area contributed by atoms with Crippen molar-refractivity contribution in [1.82, 2.24) is 9.24 Å². The predicted octanol–water partition coefficient (Wildman–Crippen LogP) is 0.710. The summed E-state index contributed by atoms with van der Waals surface area (Å²) in [5, 5.41) is 0.503. The molecule has 2 fully saturated rings. The molecule has 1 saturated heterocycles. The van der Waals surface area contributed by atoms with Crippen LogP contribution in [0.15, 0.2) is 21.7 Å². The summed E-state index contributed by atoms with van der Waals surface area (Å²) >= 11 is 0. The molecular formula is C20H29N5O3. The van der Waals surface area contributed by atoms with Crippen LogP contribution in [0, 0.1) is 12.8 Å². The smallest absolute Gasteiger partial charge is 0.350 e. The van der Waals surface area contributed by atoms with E-state index in [1.807, 2.05) is 13.0 Å². The van der Waals surface area contributed by atoms with Crippen LogP contribution in [0.25, 0.3) is 10.9 Å². The maximum absolute atomic E-state index is 12.7. The van der Waals surface area contributed by atoms with Crippen molar-refractivity contribution in [2.45, 2.75) is 44.7 Å². The minimum Gasteiger partial charge on any atom is -0.385 e. The standard InChI is InChI=1S/C20H29N5O3/c1-12-17(23-9-7-13(11-23)16(21)8-10-28-2)6-5-15-18(12)24(14-3-4-14)20(27)25(22)19(15)26/h5-6,13-14,16H,3-4,7-11,21-22H2,1-2H3/t13?,16-/m0/s1. The maximum atomic E-state index is 12.7. The van der Waals surface area contributed by atoms with Crippen LogP contribution in [0.4, 0.5) is 5.69 Å². The monoisotopic (exact) mass is 387 g/mol. The van der Waals surface area contributed by atoms with Gasteiger partial charge in [0.2, 0.25) is 0 Å². The number of anilines is 1. The molecule has 0 spiro atoms. The molecule has 0 bridgehead atoms. The van der Waals surface area contributed by atoms with E-state index in [1.54, 1.807) is 17.7 Å². The number of aromatic nitrogens is 2. The summed E-state index contributed by atoms with van der Waals surface area (Å²) in [6.07, 6.45) is 3.76. The molecule has 1 aliphatic carbocycles. The number of methoxy groups -OCH3 is 1. The fraction of sp³-hybridized carbons (Fsp3) is 0.600. The molecule has 2 aromatic rings. The van der Waals surface area contributed by atoms with E-state index in [4.69, 9.17) is 16.3 Å². The first-order valence-electron chi connectivity index (χ1n) is 9.99. The number of nitrogen functional groups attached to an aromatic ring is 1. The molecule has 0 amide bonds. The number of hydrogen-bond acceptors (Lipinski definition) is 6. The first kappa shape index (κ1) is 19.0. The third-order valence-electron chi connectivity index (χ3n) is 6.24. The average molecular weight is 387 g/mol. The number of benzene rings is 1. The van der Waals surface area contributed by atoms with Crippen LogP contribution >= 0.6 is 0 Å². The Morgan fingerprint density at radius 3 is 2.68 bits per heavy atom. The SMILES string of the molecule is COCC[C@H](N)C1CCN(c2ccc3c(=O)n(N)c(=O)n(C4CC4)c3c2C)C1. The van der Waals surface area contributed by atoms with Gasteiger partial charge in [0.1, 0.15) is 0 Å². The minimum atomic E-state index is -0.438. The average Bonchev–Trinajstić information content (AvgIpc) is 3.40. The molecule has 8 nitrogen and oxygen atoms in total. The van der Waals surface area contributed by atoms with Crippen molar-refractivity contribution in [3.63, 3.8) is 0 Å². The highest BCUT2D eigenvalue weighted by Crippen LogP contribution is 2.38. The van der Waals surface area contributed by atoms with Crippen molar-refractivity contribution in [3.05, 3.63) is 38.5 Å². The molecule has 28 heavy (non-hydrogen) atoms. The van der Waals surface area contributed by atoms with Crippen LogP contribution in [0.5, 0.6) is 0 Å². The van der Waals surface area contributed by atoms with Gasteiger partial charge in [0, 0.05) is 44.6 Å². The van der Waals surface area contributed by atoms with Crippen LogP contribution in [0.2, 0.25) is 0 Å². The van der Waals surface area contributed by atoms with E-state index < -0.39 is 11.2 Å². The zero-order valence-electron chi connectivity index (χ0n) is 16.6. The van der Waals surface area contributed by atoms with Crippen LogP contribution in [0.3, 0.4) is 0 Å². The number of aryl methyl sites for hydroxylation is 1. The number of rotatable bonds is 6. The first-order valence-corrected chi connectivity index (χ1v) is 9.99. The molecular weight excluding hydrogens is 358 g/mol. The molecule has 2 heterocycles. The fourth-order valence-corrected chi connectivity index (χ4v) is 4.46. The Morgan fingerprint density at radius 1 is 1.25 bits per heavy atom. The van der Waals surface area contributed by atoms with Crippen molar-refractivity contribution in [2.75, 3.05) is 37.5 Å². The van der Waals surface area contributed by atoms with E-state index in [-0.39, 0.29) is 12.1 Å². The summed E-state index contributed by atoms with van der Waals surface area (Å²) in [4.78, 5) is 27.5. The fourth-order valence-electron chi connectivity index (χ4n) is 4.46. The van der Waals surface area contributed by atoms with Crippen LogP contribution in [-0.4, -0.2) is 42.1 Å². The molecule has 1 aliphatic heterocycles. The zero-order chi connectivity index (χ0) is 20.0. The molecule has 1 aromatic carbocycles. The Labute approximate surface area is 163 Å². The summed E-state index contributed by atoms with van der Waals surface area (Å²) in [5.74, 6) is 6.16. The number of nitrogens with zero attached hydrogens (tertiary/aromatic N) is 3. The highest BCUT2D eigenvalue weighted by atomic mass is 16.5. The Hall–Kier alpha value is -2.32. The summed E-state index contributed by atoms with van der Waals surface area (Å²) in [7, 11) is 1.70. The van der Waals surface area contributed by atoms with Gasteiger partial charge >= 0.3 is 5.69 Å². The molecule has 1 aromatic heterocycles. The van der Waals surface area contributed by atoms with Crippen molar-refractivity contribution >= 4 is 16.6 Å². The van der Waals surface area contributed by atoms with Gasteiger partial charge in [0.15, 0.2) is 0 Å². The van der Waals surface area contributed by atoms with E-state index in [0.29, 0.717) is 17.9 Å². The lowest BCUT2D eigenvalue weighted by atomic mass is 9.97. The molecule has 2 aliphatic rings. The molecule has 1 unspecified atom stereocenters. The second-order valence-electron chi connectivity index (χ2n) is 8.10. The summed E-state index contributed by atoms with van der Waals surface area (Å²) in [6, 6.07) is 4.02. The molecule has 152 valence electrons. The lowest BCUT2D eigenvalue weighted by Gasteiger charge is -2.24. The van der Waals surface area contributed by atoms with Gasteiger partial charge in [-0.1, -0.05) is 0 Å². The van der Waals surface area contributed by atoms with E-state index >= 15 is 0 Å². The third-order valence-corrected chi connectivity index (χ3v) is 6.24. The Balaban J connectivity index is 1.73. The molecule has 4 N–H and O–H groups in total. The van der Waals surface area contributed by atoms with Crippen molar-refractivity contribution in [1.29, 1.82) is 0 Å². The van der Waals surface area contributed by atoms with Crippen molar-refractivity contribution in [2.24, 2.45) is 11.7 Å². The third kappa shape index (κ3) is 3.10. The number of hydrogen-bond donors (Lipinski definition) is 2. The van der Waals surface area contributed by atoms with Gasteiger partial charge in [0.25, 0.3) is 5.56 Å². The van der Waals surface area contributed by atoms with Gasteiger partial charge in [-0.25, -0.2) is 4.79 Å². The molecule has 0 radical (unpaired) electrons. The van der Waals surface area contributed by atoms with Crippen LogP contribution in [0.1, 0.15) is 37.3 Å². The predicted molar refractivity (Wildman–Crippen MR) is 110 cm³/mol. The lowest BCUT2D eigenvalue weighted by Crippen LogP contribution is -2.44. The first-order chi connectivity index (χ1) is 13.4. The Kier molecular flexibility index (Phi) is 4.93. The van der Waals surface area contributed by atoms with Crippen molar-refractivity contribution in [3.8, 4) is 0 Å². The normalized spacial score (nSPS) is 20.8. The number of fused-ring (bicyclic) bond motifs is 1. The van der Waals surface area contributed by atoms with E-state index in [2.05, 4.69) is 4.90 Å². The molecule has 8 heteroatoms. The maximum Gasteiger partial charge on any atom is 0.350 e. The quantitative estimate of drug-likeness (QED) is 0.707. The molecule has 4 rings (SSSR count). The number of ether oxygens (including phenoxy) is 1. The second kappa shape index (κ2) is 7.25. The topological polar surface area (TPSA) is 109 Å². The Morgan fingerprint density at radius 2 is 2.00 bits per heavy atom. The van der Waals surface area contributed by atoms with Crippen LogP contribution in [-0.2, 0) is 4.74 Å². The van der Waals surface area contributed by atoms with Crippen molar-refractivity contribution < 1.29 is 4.74 Å². The summed E-state index contributed by atoms with van der Waals surface area (Å²) < 4.78 is 7.61. The van der Waals surface area contributed by atoms with E-state index in [0.717, 1.165) is 60.2 Å². The molecule has 2 atom stereocenters. The second-order valence-corrected chi connectivity index (χ2v) is 8.10. The highest BCUT2D eigenvalue weighted by Gasteiger charge is 2.31. The largest absolute Gasteiger partial charge is 0.385 e.